The molecule has 1 aliphatic rings. The van der Waals surface area contributed by atoms with Crippen LogP contribution in [0.2, 0.25) is 0 Å². The summed E-state index contributed by atoms with van der Waals surface area (Å²) in [5.74, 6) is 1.81. The lowest BCUT2D eigenvalue weighted by Gasteiger charge is -2.37. The Bertz CT molecular complexity index is 397. The Kier molecular flexibility index (Phi) is 4.12. The van der Waals surface area contributed by atoms with Crippen molar-refractivity contribution in [2.75, 3.05) is 20.8 Å². The molecule has 1 aromatic rings. The SMILES string of the molecule is COc1ccc(OC)c(C2(CN)CCCCC2)c1. The molecular weight excluding hydrogens is 226 g/mol. The summed E-state index contributed by atoms with van der Waals surface area (Å²) in [5.41, 5.74) is 7.37. The number of benzene rings is 1. The summed E-state index contributed by atoms with van der Waals surface area (Å²) in [6.45, 7) is 0.677. The molecule has 1 aliphatic carbocycles. The first kappa shape index (κ1) is 13.2. The highest BCUT2D eigenvalue weighted by Crippen LogP contribution is 2.43. The van der Waals surface area contributed by atoms with Crippen LogP contribution in [0.4, 0.5) is 0 Å². The van der Waals surface area contributed by atoms with E-state index in [9.17, 15) is 0 Å². The van der Waals surface area contributed by atoms with Crippen LogP contribution in [0.3, 0.4) is 0 Å². The molecule has 0 radical (unpaired) electrons. The van der Waals surface area contributed by atoms with Gasteiger partial charge in [-0.25, -0.2) is 0 Å². The molecule has 0 atom stereocenters. The van der Waals surface area contributed by atoms with Gasteiger partial charge in [-0.3, -0.25) is 0 Å². The highest BCUT2D eigenvalue weighted by atomic mass is 16.5. The summed E-state index contributed by atoms with van der Waals surface area (Å²) in [6, 6.07) is 6.02. The van der Waals surface area contributed by atoms with E-state index in [1.165, 1.54) is 24.8 Å². The second kappa shape index (κ2) is 5.61. The Morgan fingerprint density at radius 1 is 1.11 bits per heavy atom. The Balaban J connectivity index is 2.44. The van der Waals surface area contributed by atoms with Crippen LogP contribution < -0.4 is 15.2 Å². The van der Waals surface area contributed by atoms with Crippen molar-refractivity contribution in [1.29, 1.82) is 0 Å². The molecule has 18 heavy (non-hydrogen) atoms. The highest BCUT2D eigenvalue weighted by molar-refractivity contribution is 5.45. The standard InChI is InChI=1S/C15H23NO2/c1-17-12-6-7-14(18-2)13(10-12)15(11-16)8-4-3-5-9-15/h6-7,10H,3-5,8-9,11,16H2,1-2H3. The first-order chi connectivity index (χ1) is 8.75. The second-order valence-corrected chi connectivity index (χ2v) is 5.11. The van der Waals surface area contributed by atoms with Crippen molar-refractivity contribution < 1.29 is 9.47 Å². The third-order valence-electron chi connectivity index (χ3n) is 4.18. The molecule has 100 valence electrons. The number of hydrogen-bond donors (Lipinski definition) is 1. The van der Waals surface area contributed by atoms with Crippen LogP contribution in [0.1, 0.15) is 37.7 Å². The normalized spacial score (nSPS) is 18.4. The fourth-order valence-corrected chi connectivity index (χ4v) is 3.04. The van der Waals surface area contributed by atoms with Crippen molar-refractivity contribution in [2.45, 2.75) is 37.5 Å². The average molecular weight is 249 g/mol. The van der Waals surface area contributed by atoms with Gasteiger partial charge in [-0.05, 0) is 31.0 Å². The minimum atomic E-state index is 0.0676. The zero-order chi connectivity index (χ0) is 13.0. The minimum Gasteiger partial charge on any atom is -0.497 e. The fraction of sp³-hybridized carbons (Fsp3) is 0.600. The van der Waals surface area contributed by atoms with Crippen molar-refractivity contribution in [3.8, 4) is 11.5 Å². The maximum absolute atomic E-state index is 6.09. The van der Waals surface area contributed by atoms with Gasteiger partial charge in [0.15, 0.2) is 0 Å². The maximum atomic E-state index is 6.09. The molecule has 3 nitrogen and oxygen atoms in total. The van der Waals surface area contributed by atoms with Crippen molar-refractivity contribution in [2.24, 2.45) is 5.73 Å². The Hall–Kier alpha value is -1.22. The van der Waals surface area contributed by atoms with Gasteiger partial charge in [0.05, 0.1) is 14.2 Å². The fourth-order valence-electron chi connectivity index (χ4n) is 3.04. The largest absolute Gasteiger partial charge is 0.497 e. The van der Waals surface area contributed by atoms with Crippen LogP contribution >= 0.6 is 0 Å². The molecule has 0 heterocycles. The summed E-state index contributed by atoms with van der Waals surface area (Å²) in [4.78, 5) is 0. The van der Waals surface area contributed by atoms with Gasteiger partial charge >= 0.3 is 0 Å². The lowest BCUT2D eigenvalue weighted by Crippen LogP contribution is -2.37. The Morgan fingerprint density at radius 3 is 2.39 bits per heavy atom. The molecule has 0 bridgehead atoms. The van der Waals surface area contributed by atoms with Gasteiger partial charge in [0.1, 0.15) is 11.5 Å². The zero-order valence-corrected chi connectivity index (χ0v) is 11.4. The number of ether oxygens (including phenoxy) is 2. The molecule has 0 saturated heterocycles. The van der Waals surface area contributed by atoms with E-state index < -0.39 is 0 Å². The molecule has 0 amide bonds. The van der Waals surface area contributed by atoms with Gasteiger partial charge in [-0.1, -0.05) is 19.3 Å². The van der Waals surface area contributed by atoms with E-state index >= 15 is 0 Å². The molecule has 2 N–H and O–H groups in total. The lowest BCUT2D eigenvalue weighted by atomic mass is 9.69. The van der Waals surface area contributed by atoms with Crippen LogP contribution in [0, 0.1) is 0 Å². The average Bonchev–Trinajstić information content (AvgIpc) is 2.47. The van der Waals surface area contributed by atoms with Gasteiger partial charge < -0.3 is 15.2 Å². The number of methoxy groups -OCH3 is 2. The molecule has 3 heteroatoms. The topological polar surface area (TPSA) is 44.5 Å². The lowest BCUT2D eigenvalue weighted by molar-refractivity contribution is 0.286. The maximum Gasteiger partial charge on any atom is 0.122 e. The van der Waals surface area contributed by atoms with Gasteiger partial charge in [0.2, 0.25) is 0 Å². The molecular formula is C15H23NO2. The number of nitrogens with two attached hydrogens (primary N) is 1. The predicted octanol–water partition coefficient (Wildman–Crippen LogP) is 2.86. The first-order valence-electron chi connectivity index (χ1n) is 6.68. The van der Waals surface area contributed by atoms with E-state index in [4.69, 9.17) is 15.2 Å². The highest BCUT2D eigenvalue weighted by Gasteiger charge is 2.35. The summed E-state index contributed by atoms with van der Waals surface area (Å²) in [6.07, 6.45) is 6.10. The van der Waals surface area contributed by atoms with E-state index in [0.717, 1.165) is 24.3 Å². The molecule has 0 unspecified atom stereocenters. The van der Waals surface area contributed by atoms with Gasteiger partial charge in [0.25, 0.3) is 0 Å². The quantitative estimate of drug-likeness (QED) is 0.892. The van der Waals surface area contributed by atoms with Gasteiger partial charge in [-0.15, -0.1) is 0 Å². The van der Waals surface area contributed by atoms with E-state index in [1.54, 1.807) is 14.2 Å². The van der Waals surface area contributed by atoms with Crippen molar-refractivity contribution in [3.63, 3.8) is 0 Å². The van der Waals surface area contributed by atoms with Crippen LogP contribution in [0.15, 0.2) is 18.2 Å². The van der Waals surface area contributed by atoms with Crippen LogP contribution in [0.5, 0.6) is 11.5 Å². The first-order valence-corrected chi connectivity index (χ1v) is 6.68. The summed E-state index contributed by atoms with van der Waals surface area (Å²) in [5, 5.41) is 0. The third-order valence-corrected chi connectivity index (χ3v) is 4.18. The zero-order valence-electron chi connectivity index (χ0n) is 11.4. The van der Waals surface area contributed by atoms with Gasteiger partial charge in [-0.2, -0.15) is 0 Å². The number of rotatable bonds is 4. The summed E-state index contributed by atoms with van der Waals surface area (Å²) in [7, 11) is 3.42. The molecule has 2 rings (SSSR count). The van der Waals surface area contributed by atoms with E-state index in [0.29, 0.717) is 6.54 Å². The van der Waals surface area contributed by atoms with Crippen molar-refractivity contribution >= 4 is 0 Å². The molecule has 1 fully saturated rings. The Morgan fingerprint density at radius 2 is 1.83 bits per heavy atom. The minimum absolute atomic E-state index is 0.0676. The monoisotopic (exact) mass is 249 g/mol. The van der Waals surface area contributed by atoms with Crippen LogP contribution in [-0.4, -0.2) is 20.8 Å². The van der Waals surface area contributed by atoms with Crippen molar-refractivity contribution in [1.82, 2.24) is 0 Å². The van der Waals surface area contributed by atoms with Crippen LogP contribution in [0.25, 0.3) is 0 Å². The van der Waals surface area contributed by atoms with E-state index in [1.807, 2.05) is 12.1 Å². The molecule has 1 aromatic carbocycles. The van der Waals surface area contributed by atoms with E-state index in [-0.39, 0.29) is 5.41 Å². The molecule has 0 aliphatic heterocycles. The predicted molar refractivity (Wildman–Crippen MR) is 73.4 cm³/mol. The van der Waals surface area contributed by atoms with E-state index in [2.05, 4.69) is 6.07 Å². The molecule has 0 spiro atoms. The van der Waals surface area contributed by atoms with Crippen molar-refractivity contribution in [3.05, 3.63) is 23.8 Å². The summed E-state index contributed by atoms with van der Waals surface area (Å²) >= 11 is 0. The second-order valence-electron chi connectivity index (χ2n) is 5.11. The van der Waals surface area contributed by atoms with Crippen LogP contribution in [-0.2, 0) is 5.41 Å². The Labute approximate surface area is 109 Å². The third kappa shape index (κ3) is 2.32. The summed E-state index contributed by atoms with van der Waals surface area (Å²) < 4.78 is 10.9. The number of hydrogen-bond acceptors (Lipinski definition) is 3. The molecule has 1 saturated carbocycles. The smallest absolute Gasteiger partial charge is 0.122 e. The van der Waals surface area contributed by atoms with Gasteiger partial charge in [0, 0.05) is 17.5 Å². The molecule has 0 aromatic heterocycles.